The molecule has 2 N–H and O–H groups in total. The average molecular weight is 505 g/mol. The molecule has 10 heteroatoms. The van der Waals surface area contributed by atoms with Gasteiger partial charge in [0.15, 0.2) is 0 Å². The molecule has 0 bridgehead atoms. The fraction of sp³-hybridized carbons (Fsp3) is 0.185. The first-order valence-corrected chi connectivity index (χ1v) is 11.4. The molecule has 0 radical (unpaired) electrons. The normalized spacial score (nSPS) is 12.9. The van der Waals surface area contributed by atoms with Crippen molar-refractivity contribution in [2.24, 2.45) is 7.05 Å². The molecule has 0 fully saturated rings. The number of carbonyl (C=O) groups excluding carboxylic acids is 1. The molecule has 2 aromatic carbocycles. The maximum Gasteiger partial charge on any atom is 0.396 e. The Kier molecular flexibility index (Phi) is 7.65. The third-order valence-corrected chi connectivity index (χ3v) is 5.81. The summed E-state index contributed by atoms with van der Waals surface area (Å²) < 4.78 is 43.5. The van der Waals surface area contributed by atoms with Gasteiger partial charge in [-0.15, -0.1) is 0 Å². The lowest BCUT2D eigenvalue weighted by atomic mass is 9.96. The summed E-state index contributed by atoms with van der Waals surface area (Å²) in [6.45, 7) is -0.546. The van der Waals surface area contributed by atoms with Gasteiger partial charge in [0.1, 0.15) is 11.9 Å². The van der Waals surface area contributed by atoms with Gasteiger partial charge in [0.2, 0.25) is 5.91 Å². The van der Waals surface area contributed by atoms with E-state index in [2.05, 4.69) is 20.7 Å². The lowest BCUT2D eigenvalue weighted by molar-refractivity contribution is -0.150. The Morgan fingerprint density at radius 1 is 1.00 bits per heavy atom. The summed E-state index contributed by atoms with van der Waals surface area (Å²) in [5.41, 5.74) is 2.43. The monoisotopic (exact) mass is 504 g/mol. The van der Waals surface area contributed by atoms with Crippen LogP contribution in [-0.4, -0.2) is 33.4 Å². The highest BCUT2D eigenvalue weighted by Gasteiger charge is 2.41. The van der Waals surface area contributed by atoms with Crippen molar-refractivity contribution in [2.75, 3.05) is 11.9 Å². The van der Waals surface area contributed by atoms with Gasteiger partial charge in [-0.3, -0.25) is 9.48 Å². The van der Waals surface area contributed by atoms with Crippen LogP contribution in [0.5, 0.6) is 0 Å². The maximum absolute atomic E-state index is 13.9. The molecule has 0 aliphatic carbocycles. The van der Waals surface area contributed by atoms with Crippen LogP contribution in [0, 0.1) is 11.3 Å². The van der Waals surface area contributed by atoms with Crippen molar-refractivity contribution in [1.29, 1.82) is 5.26 Å². The number of aryl methyl sites for hydroxylation is 1. The fourth-order valence-electron chi connectivity index (χ4n) is 3.86. The van der Waals surface area contributed by atoms with Gasteiger partial charge in [0.25, 0.3) is 0 Å². The Hall–Kier alpha value is -4.49. The Morgan fingerprint density at radius 3 is 2.30 bits per heavy atom. The number of carbonyl (C=O) groups is 1. The predicted molar refractivity (Wildman–Crippen MR) is 132 cm³/mol. The van der Waals surface area contributed by atoms with Crippen LogP contribution in [0.1, 0.15) is 28.7 Å². The number of halogens is 3. The second-order valence-electron chi connectivity index (χ2n) is 8.40. The average Bonchev–Trinajstić information content (AvgIpc) is 3.33. The van der Waals surface area contributed by atoms with Crippen LogP contribution in [0.4, 0.5) is 19.0 Å². The van der Waals surface area contributed by atoms with E-state index in [-0.39, 0.29) is 16.9 Å². The van der Waals surface area contributed by atoms with Gasteiger partial charge < -0.3 is 10.6 Å². The van der Waals surface area contributed by atoms with E-state index in [0.717, 1.165) is 11.1 Å². The lowest BCUT2D eigenvalue weighted by Gasteiger charge is -2.25. The van der Waals surface area contributed by atoms with Gasteiger partial charge in [0, 0.05) is 37.1 Å². The van der Waals surface area contributed by atoms with Crippen LogP contribution in [0.3, 0.4) is 0 Å². The number of alkyl halides is 3. The first-order chi connectivity index (χ1) is 17.7. The topological polar surface area (TPSA) is 95.6 Å². The highest BCUT2D eigenvalue weighted by atomic mass is 19.4. The molecule has 4 aromatic rings. The van der Waals surface area contributed by atoms with E-state index in [1.807, 2.05) is 12.3 Å². The number of nitriles is 1. The third-order valence-electron chi connectivity index (χ3n) is 5.81. The number of hydrogen-bond acceptors (Lipinski definition) is 5. The maximum atomic E-state index is 13.9. The number of aromatic nitrogens is 3. The first-order valence-electron chi connectivity index (χ1n) is 11.4. The van der Waals surface area contributed by atoms with Crippen molar-refractivity contribution >= 4 is 11.7 Å². The zero-order chi connectivity index (χ0) is 26.4. The highest BCUT2D eigenvalue weighted by Crippen LogP contribution is 2.35. The predicted octanol–water partition coefficient (Wildman–Crippen LogP) is 4.97. The summed E-state index contributed by atoms with van der Waals surface area (Å²) in [5, 5.41) is 18.6. The molecule has 0 saturated carbocycles. The van der Waals surface area contributed by atoms with Crippen LogP contribution in [0.2, 0.25) is 0 Å². The molecule has 0 spiro atoms. The zero-order valence-electron chi connectivity index (χ0n) is 19.8. The summed E-state index contributed by atoms with van der Waals surface area (Å²) in [7, 11) is 1.80. The van der Waals surface area contributed by atoms with Crippen molar-refractivity contribution in [3.63, 3.8) is 0 Å². The Bertz CT molecular complexity index is 1380. The van der Waals surface area contributed by atoms with Crippen LogP contribution in [0.25, 0.3) is 11.1 Å². The van der Waals surface area contributed by atoms with E-state index in [1.54, 1.807) is 66.6 Å². The van der Waals surface area contributed by atoms with Gasteiger partial charge in [-0.2, -0.15) is 23.5 Å². The summed E-state index contributed by atoms with van der Waals surface area (Å²) in [5.74, 6) is -2.16. The van der Waals surface area contributed by atoms with Crippen molar-refractivity contribution in [3.05, 3.63) is 102 Å². The molecule has 0 unspecified atom stereocenters. The smallest absolute Gasteiger partial charge is 0.309 e. The lowest BCUT2D eigenvalue weighted by Crippen LogP contribution is -2.39. The number of nitrogens with one attached hydrogen (secondary N) is 2. The van der Waals surface area contributed by atoms with Gasteiger partial charge >= 0.3 is 6.18 Å². The minimum absolute atomic E-state index is 0.00104. The quantitative estimate of drug-likeness (QED) is 0.353. The van der Waals surface area contributed by atoms with Crippen molar-refractivity contribution in [3.8, 4) is 17.2 Å². The zero-order valence-corrected chi connectivity index (χ0v) is 19.8. The number of nitrogens with zero attached hydrogens (tertiary/aromatic N) is 4. The van der Waals surface area contributed by atoms with Gasteiger partial charge in [-0.25, -0.2) is 4.98 Å². The number of pyridine rings is 1. The number of benzene rings is 2. The molecule has 0 aliphatic heterocycles. The number of anilines is 1. The van der Waals surface area contributed by atoms with Gasteiger partial charge in [-0.05, 0) is 35.4 Å². The minimum Gasteiger partial charge on any atom is -0.309 e. The summed E-state index contributed by atoms with van der Waals surface area (Å²) in [4.78, 5) is 17.5. The van der Waals surface area contributed by atoms with E-state index in [9.17, 15) is 18.0 Å². The Morgan fingerprint density at radius 2 is 1.73 bits per heavy atom. The van der Waals surface area contributed by atoms with Crippen LogP contribution in [0.15, 0.2) is 85.3 Å². The molecule has 2 aromatic heterocycles. The second kappa shape index (κ2) is 11.1. The SMILES string of the molecule is Cn1cc(-c2ccc(NC(=O)[C@@H](NC[C@H](c3ccc(C#N)cc3)C(F)(F)F)c3ccccc3)nc2)cn1. The van der Waals surface area contributed by atoms with Crippen LogP contribution < -0.4 is 10.6 Å². The number of hydrogen-bond donors (Lipinski definition) is 2. The van der Waals surface area contributed by atoms with Crippen molar-refractivity contribution < 1.29 is 18.0 Å². The molecule has 188 valence electrons. The van der Waals surface area contributed by atoms with E-state index in [0.29, 0.717) is 5.56 Å². The van der Waals surface area contributed by atoms with Gasteiger partial charge in [0.05, 0.1) is 23.7 Å². The van der Waals surface area contributed by atoms with Crippen molar-refractivity contribution in [2.45, 2.75) is 18.1 Å². The molecule has 2 atom stereocenters. The molecule has 2 heterocycles. The van der Waals surface area contributed by atoms with E-state index in [1.165, 1.54) is 24.3 Å². The first kappa shape index (κ1) is 25.6. The largest absolute Gasteiger partial charge is 0.396 e. The van der Waals surface area contributed by atoms with Gasteiger partial charge in [-0.1, -0.05) is 42.5 Å². The van der Waals surface area contributed by atoms with Crippen molar-refractivity contribution in [1.82, 2.24) is 20.1 Å². The molecular formula is C27H23F3N6O. The fourth-order valence-corrected chi connectivity index (χ4v) is 3.86. The molecule has 0 aliphatic rings. The number of amides is 1. The minimum atomic E-state index is -4.57. The second-order valence-corrected chi connectivity index (χ2v) is 8.40. The van der Waals surface area contributed by atoms with Crippen LogP contribution in [-0.2, 0) is 11.8 Å². The van der Waals surface area contributed by atoms with E-state index < -0.39 is 30.6 Å². The van der Waals surface area contributed by atoms with Crippen LogP contribution >= 0.6 is 0 Å². The standard InChI is InChI=1S/C27H23F3N6O/c1-36-17-22(15-34-36)21-11-12-24(32-14-21)35-26(37)25(20-5-3-2-4-6-20)33-16-23(27(28,29)30)19-9-7-18(13-31)8-10-19/h2-12,14-15,17,23,25,33H,16H2,1H3,(H,32,35,37)/t23-,25+/m1/s1. The molecule has 0 saturated heterocycles. The Labute approximate surface area is 211 Å². The van der Waals surface area contributed by atoms with E-state index >= 15 is 0 Å². The molecule has 4 rings (SSSR count). The highest BCUT2D eigenvalue weighted by molar-refractivity contribution is 5.95. The summed E-state index contributed by atoms with van der Waals surface area (Å²) in [6.07, 6.45) is 0.538. The molecule has 37 heavy (non-hydrogen) atoms. The summed E-state index contributed by atoms with van der Waals surface area (Å²) >= 11 is 0. The molecule has 1 amide bonds. The molecular weight excluding hydrogens is 481 g/mol. The summed E-state index contributed by atoms with van der Waals surface area (Å²) in [6, 6.07) is 18.0. The number of rotatable bonds is 8. The third kappa shape index (κ3) is 6.39. The Balaban J connectivity index is 1.53. The van der Waals surface area contributed by atoms with E-state index in [4.69, 9.17) is 5.26 Å². The molecule has 7 nitrogen and oxygen atoms in total.